The fraction of sp³-hybridized carbons (Fsp3) is 0.520. The van der Waals surface area contributed by atoms with Gasteiger partial charge in [-0.2, -0.15) is 4.98 Å². The van der Waals surface area contributed by atoms with Crippen LogP contribution in [0.25, 0.3) is 0 Å². The molecule has 2 heterocycles. The van der Waals surface area contributed by atoms with E-state index in [2.05, 4.69) is 31.2 Å². The molecular weight excluding hydrogens is 430 g/mol. The maximum atomic E-state index is 12.9. The maximum absolute atomic E-state index is 12.9. The van der Waals surface area contributed by atoms with Gasteiger partial charge in [-0.05, 0) is 38.2 Å². The maximum Gasteiger partial charge on any atom is 0.256 e. The second-order valence-electron chi connectivity index (χ2n) is 8.79. The Hall–Kier alpha value is -3.20. The van der Waals surface area contributed by atoms with Crippen LogP contribution in [0.3, 0.4) is 0 Å². The Kier molecular flexibility index (Phi) is 10.1. The predicted octanol–water partition coefficient (Wildman–Crippen LogP) is 2.73. The minimum Gasteiger partial charge on any atom is -0.369 e. The molecule has 1 aliphatic heterocycles. The lowest BCUT2D eigenvalue weighted by atomic mass is 10.1. The Labute approximate surface area is 201 Å². The number of carbonyl (C=O) groups is 2. The van der Waals surface area contributed by atoms with Crippen LogP contribution >= 0.6 is 0 Å². The Bertz CT molecular complexity index is 933. The highest BCUT2D eigenvalue weighted by Gasteiger charge is 2.16. The third-order valence-electron chi connectivity index (χ3n) is 5.86. The number of aryl methyl sites for hydroxylation is 1. The molecule has 2 aromatic rings. The van der Waals surface area contributed by atoms with Crippen molar-refractivity contribution in [2.75, 3.05) is 30.3 Å². The molecule has 9 heteroatoms. The lowest BCUT2D eigenvalue weighted by Gasteiger charge is -2.15. The van der Waals surface area contributed by atoms with Gasteiger partial charge in [0.05, 0.1) is 6.04 Å². The molecule has 0 saturated heterocycles. The van der Waals surface area contributed by atoms with E-state index in [1.165, 1.54) is 5.56 Å². The third-order valence-corrected chi connectivity index (χ3v) is 5.86. The van der Waals surface area contributed by atoms with Crippen LogP contribution < -0.4 is 27.0 Å². The summed E-state index contributed by atoms with van der Waals surface area (Å²) in [5, 5.41) is 12.4. The number of carbonyl (C=O) groups excluding carboxylic acids is 2. The number of hydrogen-bond acceptors (Lipinski definition) is 7. The molecule has 0 fully saturated rings. The summed E-state index contributed by atoms with van der Waals surface area (Å²) < 4.78 is 0. The zero-order chi connectivity index (χ0) is 24.2. The zero-order valence-corrected chi connectivity index (χ0v) is 20.0. The van der Waals surface area contributed by atoms with Gasteiger partial charge < -0.3 is 27.0 Å². The molecule has 3 rings (SSSR count). The molecule has 9 nitrogen and oxygen atoms in total. The highest BCUT2D eigenvalue weighted by molar-refractivity contribution is 5.98. The number of hydrogen-bond donors (Lipinski definition) is 5. The number of benzene rings is 1. The van der Waals surface area contributed by atoms with Gasteiger partial charge in [-0.25, -0.2) is 4.98 Å². The number of nitrogens with zero attached hydrogens (tertiary/aromatic N) is 2. The average molecular weight is 468 g/mol. The van der Waals surface area contributed by atoms with Crippen molar-refractivity contribution in [1.29, 1.82) is 0 Å². The quantitative estimate of drug-likeness (QED) is 0.468. The van der Waals surface area contributed by atoms with Crippen molar-refractivity contribution < 1.29 is 9.59 Å². The number of rotatable bonds is 3. The minimum atomic E-state index is -0.541. The van der Waals surface area contributed by atoms with Gasteiger partial charge in [0, 0.05) is 32.4 Å². The number of amides is 2. The van der Waals surface area contributed by atoms with Crippen LogP contribution in [0.15, 0.2) is 30.5 Å². The summed E-state index contributed by atoms with van der Waals surface area (Å²) in [6.07, 6.45) is 8.01. The largest absolute Gasteiger partial charge is 0.369 e. The first-order valence-corrected chi connectivity index (χ1v) is 12.2. The minimum absolute atomic E-state index is 0.106. The van der Waals surface area contributed by atoms with E-state index in [0.717, 1.165) is 44.2 Å². The first-order chi connectivity index (χ1) is 16.5. The molecule has 2 amide bonds. The van der Waals surface area contributed by atoms with Crippen LogP contribution in [-0.4, -0.2) is 47.5 Å². The zero-order valence-electron chi connectivity index (χ0n) is 20.0. The standard InChI is InChI=1S/C25H37N7O2/c1-18-9-11-19(12-10-18)16-30-23(33)20-17-31-25-29-14-6-4-2-3-5-13-28-24(34)21(26)8-7-15-27-22(20)32-25/h9-12,17,21H,2-8,13-16,26H2,1H3,(H,28,34)(H,30,33)(H2,27,29,31,32)/t21-/m0/s1. The molecule has 1 aromatic carbocycles. The average Bonchev–Trinajstić information content (AvgIpc) is 2.84. The topological polar surface area (TPSA) is 134 Å². The van der Waals surface area contributed by atoms with E-state index in [1.54, 1.807) is 6.20 Å². The van der Waals surface area contributed by atoms with Crippen molar-refractivity contribution in [3.63, 3.8) is 0 Å². The molecule has 0 radical (unpaired) electrons. The van der Waals surface area contributed by atoms with E-state index in [-0.39, 0.29) is 11.8 Å². The van der Waals surface area contributed by atoms with Crippen molar-refractivity contribution in [3.8, 4) is 0 Å². The molecule has 0 unspecified atom stereocenters. The number of fused-ring (bicyclic) bond motifs is 2. The van der Waals surface area contributed by atoms with E-state index < -0.39 is 6.04 Å². The van der Waals surface area contributed by atoms with Crippen molar-refractivity contribution in [2.24, 2.45) is 5.73 Å². The molecule has 184 valence electrons. The molecule has 0 spiro atoms. The molecule has 0 aliphatic carbocycles. The SMILES string of the molecule is Cc1ccc(CNC(=O)c2cnc3nc2NCCC[C@H](N)C(=O)NCCCCCCCN3)cc1. The second-order valence-corrected chi connectivity index (χ2v) is 8.79. The predicted molar refractivity (Wildman–Crippen MR) is 135 cm³/mol. The summed E-state index contributed by atoms with van der Waals surface area (Å²) in [4.78, 5) is 34.0. The van der Waals surface area contributed by atoms with Crippen molar-refractivity contribution >= 4 is 23.6 Å². The van der Waals surface area contributed by atoms with Crippen LogP contribution in [0, 0.1) is 6.92 Å². The van der Waals surface area contributed by atoms with E-state index in [0.29, 0.717) is 49.8 Å². The molecule has 34 heavy (non-hydrogen) atoms. The molecule has 2 bridgehead atoms. The number of nitrogens with two attached hydrogens (primary N) is 1. The Balaban J connectivity index is 1.66. The van der Waals surface area contributed by atoms with Gasteiger partial charge in [0.2, 0.25) is 11.9 Å². The Morgan fingerprint density at radius 2 is 1.68 bits per heavy atom. The molecule has 1 aromatic heterocycles. The molecule has 6 N–H and O–H groups in total. The van der Waals surface area contributed by atoms with Gasteiger partial charge in [-0.3, -0.25) is 9.59 Å². The van der Waals surface area contributed by atoms with E-state index in [9.17, 15) is 9.59 Å². The first kappa shape index (κ1) is 25.4. The second kappa shape index (κ2) is 13.5. The van der Waals surface area contributed by atoms with Crippen LogP contribution in [0.5, 0.6) is 0 Å². The van der Waals surface area contributed by atoms with Gasteiger partial charge >= 0.3 is 0 Å². The van der Waals surface area contributed by atoms with E-state index in [4.69, 9.17) is 5.73 Å². The normalized spacial score (nSPS) is 18.4. The molecule has 1 atom stereocenters. The van der Waals surface area contributed by atoms with Crippen molar-refractivity contribution in [2.45, 2.75) is 64.5 Å². The van der Waals surface area contributed by atoms with Crippen LogP contribution in [-0.2, 0) is 11.3 Å². The van der Waals surface area contributed by atoms with Crippen LogP contribution in [0.4, 0.5) is 11.8 Å². The number of anilines is 2. The first-order valence-electron chi connectivity index (χ1n) is 12.2. The van der Waals surface area contributed by atoms with Crippen LogP contribution in [0.1, 0.15) is 66.4 Å². The smallest absolute Gasteiger partial charge is 0.256 e. The number of aromatic nitrogens is 2. The lowest BCUT2D eigenvalue weighted by molar-refractivity contribution is -0.122. The summed E-state index contributed by atoms with van der Waals surface area (Å²) in [5.74, 6) is 0.617. The van der Waals surface area contributed by atoms with Gasteiger partial charge in [-0.1, -0.05) is 49.1 Å². The summed E-state index contributed by atoms with van der Waals surface area (Å²) in [6.45, 7) is 4.42. The fourth-order valence-corrected chi connectivity index (χ4v) is 3.73. The van der Waals surface area contributed by atoms with Crippen molar-refractivity contribution in [1.82, 2.24) is 20.6 Å². The highest BCUT2D eigenvalue weighted by atomic mass is 16.2. The molecule has 1 aliphatic rings. The fourth-order valence-electron chi connectivity index (χ4n) is 3.73. The highest BCUT2D eigenvalue weighted by Crippen LogP contribution is 2.16. The van der Waals surface area contributed by atoms with Crippen molar-refractivity contribution in [3.05, 3.63) is 47.2 Å². The third kappa shape index (κ3) is 8.30. The Morgan fingerprint density at radius 3 is 2.44 bits per heavy atom. The number of nitrogens with one attached hydrogen (secondary N) is 4. The summed E-state index contributed by atoms with van der Waals surface area (Å²) in [7, 11) is 0. The monoisotopic (exact) mass is 467 g/mol. The summed E-state index contributed by atoms with van der Waals surface area (Å²) >= 11 is 0. The summed E-state index contributed by atoms with van der Waals surface area (Å²) in [5.41, 5.74) is 8.61. The Morgan fingerprint density at radius 1 is 1.00 bits per heavy atom. The van der Waals surface area contributed by atoms with E-state index in [1.807, 2.05) is 31.2 Å². The molecular formula is C25H37N7O2. The van der Waals surface area contributed by atoms with Crippen LogP contribution in [0.2, 0.25) is 0 Å². The van der Waals surface area contributed by atoms with Gasteiger partial charge in [-0.15, -0.1) is 0 Å². The van der Waals surface area contributed by atoms with Gasteiger partial charge in [0.1, 0.15) is 11.4 Å². The summed E-state index contributed by atoms with van der Waals surface area (Å²) in [6, 6.07) is 7.49. The van der Waals surface area contributed by atoms with Gasteiger partial charge in [0.15, 0.2) is 0 Å². The van der Waals surface area contributed by atoms with Gasteiger partial charge in [0.25, 0.3) is 5.91 Å². The lowest BCUT2D eigenvalue weighted by Crippen LogP contribution is -2.41. The van der Waals surface area contributed by atoms with E-state index >= 15 is 0 Å². The molecule has 0 saturated carbocycles.